The number of hydrazine groups is 1. The monoisotopic (exact) mass is 263 g/mol. The molecule has 19 heavy (non-hydrogen) atoms. The van der Waals surface area contributed by atoms with Crippen molar-refractivity contribution in [3.8, 4) is 5.75 Å². The zero-order chi connectivity index (χ0) is 14.0. The largest absolute Gasteiger partial charge is 0.496 e. The molecule has 4 amide bonds. The SMILES string of the molecule is COc1cc(C(=O)NN2CC(=O)NC2=O)ccc1C. The lowest BCUT2D eigenvalue weighted by Crippen LogP contribution is -2.44. The van der Waals surface area contributed by atoms with E-state index in [-0.39, 0.29) is 6.54 Å². The molecular formula is C12H13N3O4. The summed E-state index contributed by atoms with van der Waals surface area (Å²) >= 11 is 0. The molecule has 2 N–H and O–H groups in total. The van der Waals surface area contributed by atoms with Gasteiger partial charge < -0.3 is 4.74 Å². The molecular weight excluding hydrogens is 250 g/mol. The second-order valence-corrected chi connectivity index (χ2v) is 4.06. The Labute approximate surface area is 109 Å². The van der Waals surface area contributed by atoms with Crippen LogP contribution in [0.5, 0.6) is 5.75 Å². The molecule has 7 heteroatoms. The Morgan fingerprint density at radius 1 is 1.42 bits per heavy atom. The number of carbonyl (C=O) groups excluding carboxylic acids is 3. The molecule has 0 aliphatic carbocycles. The fourth-order valence-corrected chi connectivity index (χ4v) is 1.68. The Balaban J connectivity index is 2.12. The van der Waals surface area contributed by atoms with E-state index in [1.165, 1.54) is 7.11 Å². The highest BCUT2D eigenvalue weighted by atomic mass is 16.5. The number of nitrogens with zero attached hydrogens (tertiary/aromatic N) is 1. The first-order valence-corrected chi connectivity index (χ1v) is 5.58. The molecule has 7 nitrogen and oxygen atoms in total. The smallest absolute Gasteiger partial charge is 0.343 e. The van der Waals surface area contributed by atoms with Crippen LogP contribution in [0, 0.1) is 6.92 Å². The van der Waals surface area contributed by atoms with Gasteiger partial charge in [-0.05, 0) is 24.6 Å². The molecule has 0 radical (unpaired) electrons. The summed E-state index contributed by atoms with van der Waals surface area (Å²) in [7, 11) is 1.51. The number of methoxy groups -OCH3 is 1. The number of amides is 4. The highest BCUT2D eigenvalue weighted by molar-refractivity contribution is 6.04. The van der Waals surface area contributed by atoms with Crippen molar-refractivity contribution in [1.82, 2.24) is 15.8 Å². The summed E-state index contributed by atoms with van der Waals surface area (Å²) in [6.07, 6.45) is 0. The van der Waals surface area contributed by atoms with Crippen LogP contribution in [-0.4, -0.2) is 36.5 Å². The number of aryl methyl sites for hydroxylation is 1. The first-order valence-electron chi connectivity index (χ1n) is 5.58. The average molecular weight is 263 g/mol. The summed E-state index contributed by atoms with van der Waals surface area (Å²) in [6, 6.07) is 4.28. The van der Waals surface area contributed by atoms with Gasteiger partial charge in [-0.15, -0.1) is 0 Å². The van der Waals surface area contributed by atoms with Crippen LogP contribution < -0.4 is 15.5 Å². The van der Waals surface area contributed by atoms with Gasteiger partial charge in [0.15, 0.2) is 0 Å². The Hall–Kier alpha value is -2.57. The summed E-state index contributed by atoms with van der Waals surface area (Å²) in [5, 5.41) is 2.99. The molecule has 1 aliphatic rings. The zero-order valence-electron chi connectivity index (χ0n) is 10.5. The van der Waals surface area contributed by atoms with Gasteiger partial charge in [-0.3, -0.25) is 20.3 Å². The number of benzene rings is 1. The van der Waals surface area contributed by atoms with Crippen LogP contribution in [0.4, 0.5) is 4.79 Å². The number of urea groups is 1. The molecule has 0 aromatic heterocycles. The van der Waals surface area contributed by atoms with Gasteiger partial charge in [0.1, 0.15) is 12.3 Å². The van der Waals surface area contributed by atoms with Gasteiger partial charge in [-0.25, -0.2) is 9.80 Å². The van der Waals surface area contributed by atoms with E-state index in [9.17, 15) is 14.4 Å². The van der Waals surface area contributed by atoms with E-state index in [0.29, 0.717) is 11.3 Å². The lowest BCUT2D eigenvalue weighted by molar-refractivity contribution is -0.118. The summed E-state index contributed by atoms with van der Waals surface area (Å²) in [6.45, 7) is 1.67. The molecule has 1 saturated heterocycles. The number of hydrogen-bond acceptors (Lipinski definition) is 4. The summed E-state index contributed by atoms with van der Waals surface area (Å²) in [5.74, 6) is -0.357. The minimum atomic E-state index is -0.641. The number of rotatable bonds is 3. The fourth-order valence-electron chi connectivity index (χ4n) is 1.68. The molecule has 1 aliphatic heterocycles. The number of carbonyl (C=O) groups is 3. The van der Waals surface area contributed by atoms with Crippen LogP contribution in [0.1, 0.15) is 15.9 Å². The Kier molecular flexibility index (Phi) is 3.37. The number of hydrogen-bond donors (Lipinski definition) is 2. The minimum Gasteiger partial charge on any atom is -0.496 e. The molecule has 1 aromatic carbocycles. The zero-order valence-corrected chi connectivity index (χ0v) is 10.5. The third kappa shape index (κ3) is 2.65. The lowest BCUT2D eigenvalue weighted by Gasteiger charge is -2.15. The van der Waals surface area contributed by atoms with Crippen LogP contribution in [-0.2, 0) is 4.79 Å². The van der Waals surface area contributed by atoms with Crippen molar-refractivity contribution < 1.29 is 19.1 Å². The second kappa shape index (κ2) is 4.97. The van der Waals surface area contributed by atoms with E-state index < -0.39 is 17.8 Å². The van der Waals surface area contributed by atoms with Crippen molar-refractivity contribution in [2.24, 2.45) is 0 Å². The average Bonchev–Trinajstić information content (AvgIpc) is 2.68. The van der Waals surface area contributed by atoms with E-state index in [4.69, 9.17) is 4.74 Å². The van der Waals surface area contributed by atoms with Crippen LogP contribution in [0.15, 0.2) is 18.2 Å². The van der Waals surface area contributed by atoms with Gasteiger partial charge in [-0.2, -0.15) is 0 Å². The number of ether oxygens (including phenoxy) is 1. The van der Waals surface area contributed by atoms with Crippen molar-refractivity contribution >= 4 is 17.8 Å². The van der Waals surface area contributed by atoms with Gasteiger partial charge in [0.25, 0.3) is 5.91 Å². The molecule has 1 heterocycles. The first-order chi connectivity index (χ1) is 9.01. The summed E-state index contributed by atoms with van der Waals surface area (Å²) in [4.78, 5) is 34.2. The predicted octanol–water partition coefficient (Wildman–Crippen LogP) is 0.200. The molecule has 0 unspecified atom stereocenters. The maximum atomic E-state index is 11.9. The topological polar surface area (TPSA) is 87.7 Å². The molecule has 0 spiro atoms. The van der Waals surface area contributed by atoms with Gasteiger partial charge in [0, 0.05) is 5.56 Å². The minimum absolute atomic E-state index is 0.187. The molecule has 0 atom stereocenters. The predicted molar refractivity (Wildman–Crippen MR) is 65.4 cm³/mol. The molecule has 0 bridgehead atoms. The van der Waals surface area contributed by atoms with Crippen LogP contribution in [0.3, 0.4) is 0 Å². The third-order valence-corrected chi connectivity index (χ3v) is 2.70. The molecule has 1 aromatic rings. The van der Waals surface area contributed by atoms with Gasteiger partial charge in [-0.1, -0.05) is 6.07 Å². The maximum absolute atomic E-state index is 11.9. The molecule has 1 fully saturated rings. The van der Waals surface area contributed by atoms with Crippen LogP contribution >= 0.6 is 0 Å². The van der Waals surface area contributed by atoms with E-state index in [1.807, 2.05) is 6.92 Å². The number of imide groups is 1. The van der Waals surface area contributed by atoms with Gasteiger partial charge in [0.2, 0.25) is 5.91 Å². The van der Waals surface area contributed by atoms with E-state index in [0.717, 1.165) is 10.6 Å². The van der Waals surface area contributed by atoms with Crippen molar-refractivity contribution in [1.29, 1.82) is 0 Å². The quantitative estimate of drug-likeness (QED) is 0.762. The Morgan fingerprint density at radius 2 is 2.16 bits per heavy atom. The fraction of sp³-hybridized carbons (Fsp3) is 0.250. The summed E-state index contributed by atoms with van der Waals surface area (Å²) < 4.78 is 5.12. The van der Waals surface area contributed by atoms with Crippen molar-refractivity contribution in [2.75, 3.05) is 13.7 Å². The van der Waals surface area contributed by atoms with E-state index >= 15 is 0 Å². The lowest BCUT2D eigenvalue weighted by atomic mass is 10.1. The summed E-state index contributed by atoms with van der Waals surface area (Å²) in [5.41, 5.74) is 3.59. The van der Waals surface area contributed by atoms with Crippen LogP contribution in [0.25, 0.3) is 0 Å². The van der Waals surface area contributed by atoms with Crippen LogP contribution in [0.2, 0.25) is 0 Å². The van der Waals surface area contributed by atoms with Gasteiger partial charge in [0.05, 0.1) is 7.11 Å². The van der Waals surface area contributed by atoms with E-state index in [2.05, 4.69) is 10.7 Å². The van der Waals surface area contributed by atoms with Crippen molar-refractivity contribution in [3.05, 3.63) is 29.3 Å². The van der Waals surface area contributed by atoms with Gasteiger partial charge >= 0.3 is 6.03 Å². The highest BCUT2D eigenvalue weighted by Gasteiger charge is 2.28. The maximum Gasteiger partial charge on any atom is 0.343 e. The molecule has 2 rings (SSSR count). The highest BCUT2D eigenvalue weighted by Crippen LogP contribution is 2.18. The number of nitrogens with one attached hydrogen (secondary N) is 2. The standard InChI is InChI=1S/C12H13N3O4/c1-7-3-4-8(5-9(7)19-2)11(17)14-15-6-10(16)13-12(15)18/h3-5H,6H2,1-2H3,(H,14,17)(H,13,16,18). The Morgan fingerprint density at radius 3 is 2.74 bits per heavy atom. The van der Waals surface area contributed by atoms with E-state index in [1.54, 1.807) is 18.2 Å². The third-order valence-electron chi connectivity index (χ3n) is 2.70. The molecule has 0 saturated carbocycles. The second-order valence-electron chi connectivity index (χ2n) is 4.06. The normalized spacial score (nSPS) is 14.3. The van der Waals surface area contributed by atoms with Crippen molar-refractivity contribution in [3.63, 3.8) is 0 Å². The first kappa shape index (κ1) is 12.9. The van der Waals surface area contributed by atoms with Crippen molar-refractivity contribution in [2.45, 2.75) is 6.92 Å². The molecule has 100 valence electrons. The Bertz CT molecular complexity index is 556.